The van der Waals surface area contributed by atoms with Crippen LogP contribution in [-0.4, -0.2) is 0 Å². The van der Waals surface area contributed by atoms with E-state index in [9.17, 15) is 0 Å². The molecule has 0 unspecified atom stereocenters. The Morgan fingerprint density at radius 1 is 1.00 bits per heavy atom. The van der Waals surface area contributed by atoms with Gasteiger partial charge in [0.1, 0.15) is 0 Å². The summed E-state index contributed by atoms with van der Waals surface area (Å²) < 4.78 is 0. The minimum absolute atomic E-state index is 0. The van der Waals surface area contributed by atoms with E-state index in [0.29, 0.717) is 0 Å². The monoisotopic (exact) mass is 400 g/mol. The Morgan fingerprint density at radius 2 is 1.00 bits per heavy atom. The summed E-state index contributed by atoms with van der Waals surface area (Å²) in [6, 6.07) is 0. The molecule has 0 aromatic heterocycles. The van der Waals surface area contributed by atoms with Crippen LogP contribution in [0.4, 0.5) is 0 Å². The van der Waals surface area contributed by atoms with Gasteiger partial charge in [-0.25, -0.2) is 0 Å². The molecule has 38 valence electrons. The van der Waals surface area contributed by atoms with Crippen molar-refractivity contribution in [3.8, 4) is 0 Å². The molecule has 0 aliphatic carbocycles. The summed E-state index contributed by atoms with van der Waals surface area (Å²) in [7, 11) is 14.9. The van der Waals surface area contributed by atoms with Gasteiger partial charge in [-0.15, -0.1) is 0 Å². The Bertz CT molecular complexity index is 11.6. The van der Waals surface area contributed by atoms with Crippen molar-refractivity contribution in [3.05, 3.63) is 0 Å². The van der Waals surface area contributed by atoms with E-state index < -0.39 is 13.5 Å². The molecule has 0 aromatic carbocycles. The Kier molecular flexibility index (Phi) is 12.5. The largest absolute Gasteiger partial charge is 0 e. The first-order valence-corrected chi connectivity index (χ1v) is 9.28. The zero-order chi connectivity index (χ0) is 3.58. The second-order valence-electron chi connectivity index (χ2n) is 0.143. The van der Waals surface area contributed by atoms with E-state index in [2.05, 4.69) is 0 Å². The second kappa shape index (κ2) is 6.14. The van der Waals surface area contributed by atoms with Crippen molar-refractivity contribution in [2.45, 2.75) is 0 Å². The van der Waals surface area contributed by atoms with E-state index >= 15 is 0 Å². The zero-order valence-electron chi connectivity index (χ0n) is 1.82. The summed E-state index contributed by atoms with van der Waals surface area (Å²) in [5.74, 6) is 0. The summed E-state index contributed by atoms with van der Waals surface area (Å²) in [5, 5.41) is 0. The molecule has 0 N–H and O–H groups in total. The maximum atomic E-state index is 4.97. The number of hydrogen-bond acceptors (Lipinski definition) is 0. The van der Waals surface area contributed by atoms with E-state index in [1.54, 1.807) is 0 Å². The van der Waals surface area contributed by atoms with Gasteiger partial charge < -0.3 is 0 Å². The molecule has 5 heavy (non-hydrogen) atoms. The summed E-state index contributed by atoms with van der Waals surface area (Å²) in [5.41, 5.74) is 0. The van der Waals surface area contributed by atoms with Crippen LogP contribution in [0.2, 0.25) is 0 Å². The minimum Gasteiger partial charge on any atom is 0 e. The number of halogens is 3. The first-order chi connectivity index (χ1) is 1.73. The molecule has 0 amide bonds. The van der Waals surface area contributed by atoms with Gasteiger partial charge in [-0.05, 0) is 0 Å². The van der Waals surface area contributed by atoms with Crippen molar-refractivity contribution in [1.82, 2.24) is 0 Å². The predicted molar refractivity (Wildman–Crippen MR) is 17.6 cm³/mol. The molecule has 0 nitrogen and oxygen atoms in total. The third-order valence-electron chi connectivity index (χ3n) is 0. The smallest absolute Gasteiger partial charge is 0 e. The standard InChI is InChI=1S/3ClH.Ir.Ru/h3*1H;;/q;;;+3;/p-3. The molecule has 0 heterocycles. The summed E-state index contributed by atoms with van der Waals surface area (Å²) in [6.07, 6.45) is 0. The third kappa shape index (κ3) is 23.0. The summed E-state index contributed by atoms with van der Waals surface area (Å²) in [4.78, 5) is 0. The van der Waals surface area contributed by atoms with Crippen LogP contribution >= 0.6 is 28.8 Å². The Morgan fingerprint density at radius 3 is 1.00 bits per heavy atom. The molecule has 0 saturated carbocycles. The van der Waals surface area contributed by atoms with E-state index in [1.165, 1.54) is 0 Å². The van der Waals surface area contributed by atoms with Gasteiger partial charge in [-0.1, -0.05) is 0 Å². The molecular weight excluding hydrogens is 400 g/mol. The van der Waals surface area contributed by atoms with Gasteiger partial charge in [-0.2, -0.15) is 0 Å². The minimum atomic E-state index is -1.92. The van der Waals surface area contributed by atoms with Crippen molar-refractivity contribution in [3.63, 3.8) is 0 Å². The van der Waals surface area contributed by atoms with Crippen LogP contribution in [0.25, 0.3) is 0 Å². The molecule has 0 fully saturated rings. The fraction of sp³-hybridized carbons (Fsp3) is 0. The average Bonchev–Trinajstić information content (AvgIpc) is 0.811. The van der Waals surface area contributed by atoms with E-state index in [1.807, 2.05) is 0 Å². The van der Waals surface area contributed by atoms with Crippen LogP contribution in [0.5, 0.6) is 0 Å². The number of hydrogen-bond donors (Lipinski definition) is 0. The maximum absolute atomic E-state index is 4.97. The summed E-state index contributed by atoms with van der Waals surface area (Å²) >= 11 is -1.92. The molecule has 0 rings (SSSR count). The van der Waals surface area contributed by atoms with E-state index in [0.717, 1.165) is 0 Å². The van der Waals surface area contributed by atoms with Gasteiger partial charge in [0.2, 0.25) is 0 Å². The predicted octanol–water partition coefficient (Wildman–Crippen LogP) is 2.06. The molecule has 0 aromatic rings. The van der Waals surface area contributed by atoms with Crippen LogP contribution in [0, 0.1) is 0 Å². The van der Waals surface area contributed by atoms with Crippen LogP contribution < -0.4 is 0 Å². The zero-order valence-corrected chi connectivity index (χ0v) is 8.22. The van der Waals surface area contributed by atoms with Gasteiger partial charge in [0.25, 0.3) is 0 Å². The fourth-order valence-electron chi connectivity index (χ4n) is 0. The van der Waals surface area contributed by atoms with Crippen molar-refractivity contribution in [1.29, 1.82) is 0 Å². The van der Waals surface area contributed by atoms with Crippen molar-refractivity contribution < 1.29 is 32.9 Å². The molecule has 5 heteroatoms. The normalized spacial score (nSPS) is 9.00. The average molecular weight is 400 g/mol. The molecule has 0 aliphatic rings. The molecule has 0 saturated heterocycles. The van der Waals surface area contributed by atoms with Crippen LogP contribution in [0.15, 0.2) is 0 Å². The number of rotatable bonds is 0. The molecule has 0 aliphatic heterocycles. The van der Waals surface area contributed by atoms with E-state index in [-0.39, 0.29) is 19.5 Å². The summed E-state index contributed by atoms with van der Waals surface area (Å²) in [6.45, 7) is 0. The van der Waals surface area contributed by atoms with Gasteiger partial charge in [0.05, 0.1) is 0 Å². The van der Waals surface area contributed by atoms with Gasteiger partial charge >= 0.3 is 42.2 Å². The fourth-order valence-corrected chi connectivity index (χ4v) is 0. The van der Waals surface area contributed by atoms with Gasteiger partial charge in [0.15, 0.2) is 0 Å². The Labute approximate surface area is 61.1 Å². The van der Waals surface area contributed by atoms with E-state index in [4.69, 9.17) is 28.8 Å². The maximum Gasteiger partial charge on any atom is 0 e. The Balaban J connectivity index is 0. The van der Waals surface area contributed by atoms with Crippen LogP contribution in [0.1, 0.15) is 0 Å². The SMILES string of the molecule is [Cl][Ir]([Cl])[Cl].[Ru]. The first-order valence-electron chi connectivity index (χ1n) is 0.378. The molecular formula is Cl3IrRu. The molecule has 0 spiro atoms. The van der Waals surface area contributed by atoms with Gasteiger partial charge in [0, 0.05) is 19.5 Å². The molecule has 0 radical (unpaired) electrons. The van der Waals surface area contributed by atoms with Crippen LogP contribution in [0.3, 0.4) is 0 Å². The van der Waals surface area contributed by atoms with Crippen LogP contribution in [-0.2, 0) is 32.9 Å². The Hall–Kier alpha value is 2.14. The third-order valence-corrected chi connectivity index (χ3v) is 0. The van der Waals surface area contributed by atoms with Crippen molar-refractivity contribution >= 4 is 28.8 Å². The van der Waals surface area contributed by atoms with Crippen molar-refractivity contribution in [2.75, 3.05) is 0 Å². The molecule has 0 atom stereocenters. The topological polar surface area (TPSA) is 0 Å². The van der Waals surface area contributed by atoms with Crippen molar-refractivity contribution in [2.24, 2.45) is 0 Å². The first kappa shape index (κ1) is 10.2. The quantitative estimate of drug-likeness (QED) is 0.547. The second-order valence-corrected chi connectivity index (χ2v) is 10.5. The molecule has 0 bridgehead atoms. The van der Waals surface area contributed by atoms with Gasteiger partial charge in [-0.3, -0.25) is 0 Å².